The molecule has 0 aliphatic rings. The fourth-order valence-electron chi connectivity index (χ4n) is 2.24. The second-order valence-electron chi connectivity index (χ2n) is 4.80. The zero-order chi connectivity index (χ0) is 12.7. The average molecular weight is 243 g/mol. The Morgan fingerprint density at radius 2 is 2.28 bits per heavy atom. The number of nitrogens with two attached hydrogens (primary N) is 1. The second kappa shape index (κ2) is 4.03. The number of H-pyrrole nitrogens is 1. The Hall–Kier alpha value is -2.01. The molecule has 0 amide bonds. The molecule has 0 aromatic carbocycles. The van der Waals surface area contributed by atoms with Crippen molar-refractivity contribution in [3.05, 3.63) is 47.8 Å². The monoisotopic (exact) mass is 243 g/mol. The number of nitrogens with zero attached hydrogens (tertiary/aromatic N) is 3. The lowest BCUT2D eigenvalue weighted by molar-refractivity contribution is 0.700. The molecule has 3 N–H and O–H groups in total. The van der Waals surface area contributed by atoms with Crippen molar-refractivity contribution >= 4 is 5.78 Å². The van der Waals surface area contributed by atoms with Gasteiger partial charge in [-0.3, -0.25) is 4.40 Å². The Balaban J connectivity index is 1.85. The van der Waals surface area contributed by atoms with Gasteiger partial charge in [0.2, 0.25) is 5.78 Å². The highest BCUT2D eigenvalue weighted by molar-refractivity contribution is 5.35. The summed E-state index contributed by atoms with van der Waals surface area (Å²) in [6.07, 6.45) is 8.83. The van der Waals surface area contributed by atoms with Crippen LogP contribution in [-0.2, 0) is 13.5 Å². The highest BCUT2D eigenvalue weighted by atomic mass is 15.1. The number of hydrogen-bond acceptors (Lipinski definition) is 2. The van der Waals surface area contributed by atoms with E-state index in [1.165, 1.54) is 5.56 Å². The Labute approximate surface area is 105 Å². The van der Waals surface area contributed by atoms with Gasteiger partial charge in [0.15, 0.2) is 0 Å². The first-order valence-corrected chi connectivity index (χ1v) is 6.02. The molecule has 3 rings (SSSR count). The van der Waals surface area contributed by atoms with Crippen LogP contribution in [0.2, 0.25) is 0 Å². The Kier molecular flexibility index (Phi) is 2.48. The van der Waals surface area contributed by atoms with Crippen LogP contribution in [0.25, 0.3) is 5.78 Å². The molecule has 0 radical (unpaired) electrons. The van der Waals surface area contributed by atoms with E-state index in [0.29, 0.717) is 0 Å². The molecule has 0 saturated heterocycles. The first-order chi connectivity index (χ1) is 8.63. The summed E-state index contributed by atoms with van der Waals surface area (Å²) in [4.78, 5) is 7.54. The van der Waals surface area contributed by atoms with E-state index in [2.05, 4.69) is 22.2 Å². The molecule has 3 aromatic rings. The first-order valence-electron chi connectivity index (χ1n) is 6.02. The Morgan fingerprint density at radius 1 is 1.44 bits per heavy atom. The fraction of sp³-hybridized carbons (Fsp3) is 0.308. The minimum atomic E-state index is -0.0338. The summed E-state index contributed by atoms with van der Waals surface area (Å²) >= 11 is 0. The zero-order valence-corrected chi connectivity index (χ0v) is 10.6. The molecular formula is C13H17N5. The third-order valence-electron chi connectivity index (χ3n) is 3.25. The van der Waals surface area contributed by atoms with Gasteiger partial charge >= 0.3 is 0 Å². The van der Waals surface area contributed by atoms with Crippen LogP contribution in [-0.4, -0.2) is 18.9 Å². The predicted octanol–water partition coefficient (Wildman–Crippen LogP) is 1.55. The van der Waals surface area contributed by atoms with E-state index in [-0.39, 0.29) is 6.04 Å². The van der Waals surface area contributed by atoms with E-state index in [4.69, 9.17) is 5.73 Å². The van der Waals surface area contributed by atoms with Crippen molar-refractivity contribution in [3.63, 3.8) is 0 Å². The molecule has 94 valence electrons. The van der Waals surface area contributed by atoms with E-state index in [1.807, 2.05) is 41.5 Å². The lowest BCUT2D eigenvalue weighted by atomic mass is 10.1. The molecule has 1 unspecified atom stereocenters. The number of fused-ring (bicyclic) bond motifs is 1. The molecule has 3 aromatic heterocycles. The van der Waals surface area contributed by atoms with E-state index >= 15 is 0 Å². The molecule has 5 heteroatoms. The maximum Gasteiger partial charge on any atom is 0.211 e. The number of hydrogen-bond donors (Lipinski definition) is 2. The van der Waals surface area contributed by atoms with Crippen molar-refractivity contribution < 1.29 is 0 Å². The van der Waals surface area contributed by atoms with Crippen LogP contribution < -0.4 is 5.73 Å². The zero-order valence-electron chi connectivity index (χ0n) is 10.6. The van der Waals surface area contributed by atoms with Gasteiger partial charge in [-0.15, -0.1) is 0 Å². The van der Waals surface area contributed by atoms with Crippen LogP contribution in [0.5, 0.6) is 0 Å². The molecule has 0 aliphatic heterocycles. The third kappa shape index (κ3) is 1.82. The molecular weight excluding hydrogens is 226 g/mol. The molecule has 0 aliphatic carbocycles. The number of nitrogens with one attached hydrogen (secondary N) is 1. The van der Waals surface area contributed by atoms with Gasteiger partial charge in [0.1, 0.15) is 0 Å². The van der Waals surface area contributed by atoms with E-state index in [0.717, 1.165) is 23.6 Å². The molecule has 0 bridgehead atoms. The van der Waals surface area contributed by atoms with E-state index in [1.54, 1.807) is 0 Å². The number of rotatable bonds is 3. The molecule has 18 heavy (non-hydrogen) atoms. The van der Waals surface area contributed by atoms with Gasteiger partial charge in [0.25, 0.3) is 0 Å². The van der Waals surface area contributed by atoms with Crippen LogP contribution >= 0.6 is 0 Å². The smallest absolute Gasteiger partial charge is 0.211 e. The van der Waals surface area contributed by atoms with Crippen molar-refractivity contribution in [1.29, 1.82) is 0 Å². The Bertz CT molecular complexity index is 672. The maximum absolute atomic E-state index is 6.23. The van der Waals surface area contributed by atoms with Gasteiger partial charge in [-0.05, 0) is 25.0 Å². The lowest BCUT2D eigenvalue weighted by Crippen LogP contribution is -2.13. The summed E-state index contributed by atoms with van der Waals surface area (Å²) in [7, 11) is 2.01. The van der Waals surface area contributed by atoms with Crippen LogP contribution in [0.3, 0.4) is 0 Å². The SMILES string of the molecule is Cc1cnc2[nH]c(C(N)Cc3ccn(C)c3)cn12. The van der Waals surface area contributed by atoms with Crippen molar-refractivity contribution in [2.75, 3.05) is 0 Å². The van der Waals surface area contributed by atoms with Crippen LogP contribution in [0.15, 0.2) is 30.9 Å². The molecule has 0 saturated carbocycles. The predicted molar refractivity (Wildman–Crippen MR) is 70.3 cm³/mol. The first kappa shape index (κ1) is 11.1. The average Bonchev–Trinajstić information content (AvgIpc) is 2.98. The van der Waals surface area contributed by atoms with E-state index < -0.39 is 0 Å². The number of aryl methyl sites for hydroxylation is 2. The lowest BCUT2D eigenvalue weighted by Gasteiger charge is -2.07. The quantitative estimate of drug-likeness (QED) is 0.733. The molecule has 1 atom stereocenters. The summed E-state index contributed by atoms with van der Waals surface area (Å²) in [5.41, 5.74) is 9.60. The molecule has 0 spiro atoms. The summed E-state index contributed by atoms with van der Waals surface area (Å²) in [5, 5.41) is 0. The van der Waals surface area contributed by atoms with E-state index in [9.17, 15) is 0 Å². The summed E-state index contributed by atoms with van der Waals surface area (Å²) in [5.74, 6) is 0.853. The maximum atomic E-state index is 6.23. The van der Waals surface area contributed by atoms with Gasteiger partial charge in [-0.1, -0.05) is 0 Å². The second-order valence-corrected chi connectivity index (χ2v) is 4.80. The minimum absolute atomic E-state index is 0.0338. The largest absolute Gasteiger partial charge is 0.357 e. The summed E-state index contributed by atoms with van der Waals surface area (Å²) < 4.78 is 4.06. The van der Waals surface area contributed by atoms with Crippen molar-refractivity contribution in [1.82, 2.24) is 18.9 Å². The normalized spacial score (nSPS) is 13.3. The van der Waals surface area contributed by atoms with Gasteiger partial charge in [0.05, 0.1) is 17.9 Å². The van der Waals surface area contributed by atoms with Crippen LogP contribution in [0, 0.1) is 6.92 Å². The third-order valence-corrected chi connectivity index (χ3v) is 3.25. The number of aromatic nitrogens is 4. The van der Waals surface area contributed by atoms with Gasteiger partial charge < -0.3 is 15.3 Å². The van der Waals surface area contributed by atoms with Gasteiger partial charge in [0, 0.05) is 31.3 Å². The number of imidazole rings is 2. The van der Waals surface area contributed by atoms with Crippen molar-refractivity contribution in [2.24, 2.45) is 12.8 Å². The van der Waals surface area contributed by atoms with Gasteiger partial charge in [-0.2, -0.15) is 0 Å². The highest BCUT2D eigenvalue weighted by Gasteiger charge is 2.12. The summed E-state index contributed by atoms with van der Waals surface area (Å²) in [6, 6.07) is 2.06. The Morgan fingerprint density at radius 3 is 2.94 bits per heavy atom. The van der Waals surface area contributed by atoms with Crippen molar-refractivity contribution in [2.45, 2.75) is 19.4 Å². The highest BCUT2D eigenvalue weighted by Crippen LogP contribution is 2.17. The standard InChI is InChI=1S/C13H17N5/c1-9-6-15-13-16-12(8-18(9)13)11(14)5-10-3-4-17(2)7-10/h3-4,6-8,11H,5,14H2,1-2H3,(H,15,16). The fourth-order valence-corrected chi connectivity index (χ4v) is 2.24. The van der Waals surface area contributed by atoms with Crippen LogP contribution in [0.4, 0.5) is 0 Å². The molecule has 0 fully saturated rings. The van der Waals surface area contributed by atoms with Crippen molar-refractivity contribution in [3.8, 4) is 0 Å². The molecule has 5 nitrogen and oxygen atoms in total. The topological polar surface area (TPSA) is 64.0 Å². The molecule has 3 heterocycles. The number of aromatic amines is 1. The van der Waals surface area contributed by atoms with Gasteiger partial charge in [-0.25, -0.2) is 4.98 Å². The summed E-state index contributed by atoms with van der Waals surface area (Å²) in [6.45, 7) is 2.03. The van der Waals surface area contributed by atoms with Crippen LogP contribution in [0.1, 0.15) is 23.0 Å². The minimum Gasteiger partial charge on any atom is -0.357 e.